The summed E-state index contributed by atoms with van der Waals surface area (Å²) in [7, 11) is 0. The first kappa shape index (κ1) is 19.2. The van der Waals surface area contributed by atoms with Crippen molar-refractivity contribution in [2.45, 2.75) is 20.8 Å². The van der Waals surface area contributed by atoms with Crippen molar-refractivity contribution in [1.29, 1.82) is 0 Å². The molecule has 0 aliphatic heterocycles. The van der Waals surface area contributed by atoms with Gasteiger partial charge in [-0.05, 0) is 56.7 Å². The Kier molecular flexibility index (Phi) is 5.75. The highest BCUT2D eigenvalue weighted by atomic mass is 16.3. The van der Waals surface area contributed by atoms with E-state index in [4.69, 9.17) is 4.42 Å². The summed E-state index contributed by atoms with van der Waals surface area (Å²) in [5.41, 5.74) is 4.35. The fourth-order valence-corrected chi connectivity index (χ4v) is 2.72. The van der Waals surface area contributed by atoms with Crippen molar-refractivity contribution >= 4 is 23.6 Å². The van der Waals surface area contributed by atoms with E-state index in [1.165, 1.54) is 12.3 Å². The molecule has 0 spiro atoms. The summed E-state index contributed by atoms with van der Waals surface area (Å²) in [6, 6.07) is 16.3. The largest absolute Gasteiger partial charge is 0.465 e. The number of carbonyl (C=O) groups excluding carboxylic acids is 2. The summed E-state index contributed by atoms with van der Waals surface area (Å²) < 4.78 is 5.30. The predicted octanol–water partition coefficient (Wildman–Crippen LogP) is 4.61. The first-order chi connectivity index (χ1) is 13.4. The highest BCUT2D eigenvalue weighted by Gasteiger charge is 2.16. The molecule has 5 nitrogen and oxygen atoms in total. The zero-order chi connectivity index (χ0) is 20.1. The molecule has 1 aromatic heterocycles. The van der Waals surface area contributed by atoms with E-state index in [1.807, 2.05) is 51.1 Å². The van der Waals surface area contributed by atoms with Gasteiger partial charge in [-0.3, -0.25) is 9.59 Å². The fourth-order valence-electron chi connectivity index (χ4n) is 2.72. The molecule has 2 amide bonds. The third-order valence-electron chi connectivity index (χ3n) is 4.27. The molecule has 5 heteroatoms. The summed E-state index contributed by atoms with van der Waals surface area (Å²) in [4.78, 5) is 25.5. The van der Waals surface area contributed by atoms with E-state index in [2.05, 4.69) is 10.6 Å². The monoisotopic (exact) mass is 374 g/mol. The minimum Gasteiger partial charge on any atom is -0.465 e. The van der Waals surface area contributed by atoms with Gasteiger partial charge in [-0.2, -0.15) is 0 Å². The van der Waals surface area contributed by atoms with Gasteiger partial charge < -0.3 is 15.1 Å². The second-order valence-electron chi connectivity index (χ2n) is 6.67. The van der Waals surface area contributed by atoms with Crippen LogP contribution in [0, 0.1) is 20.8 Å². The minimum atomic E-state index is -0.427. The van der Waals surface area contributed by atoms with Gasteiger partial charge in [0, 0.05) is 17.3 Å². The van der Waals surface area contributed by atoms with Gasteiger partial charge in [0.05, 0.1) is 6.26 Å². The van der Waals surface area contributed by atoms with E-state index in [-0.39, 0.29) is 11.6 Å². The molecule has 2 aromatic carbocycles. The summed E-state index contributed by atoms with van der Waals surface area (Å²) in [6.45, 7) is 5.85. The molecule has 0 atom stereocenters. The van der Waals surface area contributed by atoms with Crippen LogP contribution in [0.3, 0.4) is 0 Å². The second-order valence-corrected chi connectivity index (χ2v) is 6.67. The summed E-state index contributed by atoms with van der Waals surface area (Å²) in [6.07, 6.45) is 3.01. The summed E-state index contributed by atoms with van der Waals surface area (Å²) in [5, 5.41) is 5.54. The number of anilines is 1. The lowest BCUT2D eigenvalue weighted by atomic mass is 10.1. The topological polar surface area (TPSA) is 71.3 Å². The average Bonchev–Trinajstić information content (AvgIpc) is 3.17. The molecule has 3 rings (SSSR count). The SMILES string of the molecule is Cc1ccc(C(=O)N/C(=C\c2ccco2)C(=O)Nc2ccc(C)cc2C)cc1. The first-order valence-electron chi connectivity index (χ1n) is 8.94. The van der Waals surface area contributed by atoms with Crippen LogP contribution >= 0.6 is 0 Å². The highest BCUT2D eigenvalue weighted by molar-refractivity contribution is 6.10. The number of hydrogen-bond acceptors (Lipinski definition) is 3. The molecular formula is C23H22N2O3. The maximum Gasteiger partial charge on any atom is 0.272 e. The fraction of sp³-hybridized carbons (Fsp3) is 0.130. The second kappa shape index (κ2) is 8.39. The van der Waals surface area contributed by atoms with Crippen molar-refractivity contribution < 1.29 is 14.0 Å². The van der Waals surface area contributed by atoms with Crippen LogP contribution < -0.4 is 10.6 Å². The van der Waals surface area contributed by atoms with Crippen molar-refractivity contribution in [3.8, 4) is 0 Å². The van der Waals surface area contributed by atoms with Crippen molar-refractivity contribution in [1.82, 2.24) is 5.32 Å². The molecule has 0 aliphatic carbocycles. The Morgan fingerprint density at radius 3 is 2.29 bits per heavy atom. The van der Waals surface area contributed by atoms with Crippen molar-refractivity contribution in [2.75, 3.05) is 5.32 Å². The number of aryl methyl sites for hydroxylation is 3. The maximum atomic E-state index is 12.9. The molecule has 2 N–H and O–H groups in total. The normalized spacial score (nSPS) is 11.2. The van der Waals surface area contributed by atoms with Crippen LogP contribution in [0.1, 0.15) is 32.8 Å². The quantitative estimate of drug-likeness (QED) is 0.641. The minimum absolute atomic E-state index is 0.0977. The lowest BCUT2D eigenvalue weighted by Gasteiger charge is -2.13. The molecule has 0 saturated carbocycles. The molecule has 3 aromatic rings. The predicted molar refractivity (Wildman–Crippen MR) is 110 cm³/mol. The molecule has 0 unspecified atom stereocenters. The Hall–Kier alpha value is -3.60. The third kappa shape index (κ3) is 4.76. The van der Waals surface area contributed by atoms with Gasteiger partial charge in [0.2, 0.25) is 0 Å². The molecule has 1 heterocycles. The van der Waals surface area contributed by atoms with Gasteiger partial charge in [0.1, 0.15) is 11.5 Å². The number of hydrogen-bond donors (Lipinski definition) is 2. The number of rotatable bonds is 5. The van der Waals surface area contributed by atoms with Crippen LogP contribution in [0.4, 0.5) is 5.69 Å². The summed E-state index contributed by atoms with van der Waals surface area (Å²) >= 11 is 0. The molecular weight excluding hydrogens is 352 g/mol. The molecule has 28 heavy (non-hydrogen) atoms. The van der Waals surface area contributed by atoms with E-state index >= 15 is 0 Å². The van der Waals surface area contributed by atoms with Crippen LogP contribution in [0.15, 0.2) is 71.0 Å². The Morgan fingerprint density at radius 1 is 0.929 bits per heavy atom. The van der Waals surface area contributed by atoms with E-state index in [9.17, 15) is 9.59 Å². The number of carbonyl (C=O) groups is 2. The molecule has 142 valence electrons. The Balaban J connectivity index is 1.85. The van der Waals surface area contributed by atoms with Crippen LogP contribution in [-0.2, 0) is 4.79 Å². The molecule has 0 aliphatic rings. The number of amides is 2. The Bertz CT molecular complexity index is 1020. The zero-order valence-corrected chi connectivity index (χ0v) is 16.1. The van der Waals surface area contributed by atoms with Gasteiger partial charge in [0.25, 0.3) is 11.8 Å². The van der Waals surface area contributed by atoms with Gasteiger partial charge in [-0.1, -0.05) is 35.4 Å². The first-order valence-corrected chi connectivity index (χ1v) is 8.94. The Morgan fingerprint density at radius 2 is 1.64 bits per heavy atom. The summed E-state index contributed by atoms with van der Waals surface area (Å²) in [5.74, 6) is -0.326. The standard InChI is InChI=1S/C23H22N2O3/c1-15-6-9-18(10-7-15)22(26)25-21(14-19-5-4-12-28-19)23(27)24-20-11-8-16(2)13-17(20)3/h4-14H,1-3H3,(H,24,27)(H,25,26)/b21-14-. The van der Waals surface area contributed by atoms with E-state index in [0.717, 1.165) is 16.7 Å². The number of benzene rings is 2. The van der Waals surface area contributed by atoms with Gasteiger partial charge >= 0.3 is 0 Å². The van der Waals surface area contributed by atoms with Crippen LogP contribution in [0.2, 0.25) is 0 Å². The van der Waals surface area contributed by atoms with Crippen molar-refractivity contribution in [2.24, 2.45) is 0 Å². The van der Waals surface area contributed by atoms with Gasteiger partial charge in [-0.15, -0.1) is 0 Å². The van der Waals surface area contributed by atoms with Crippen LogP contribution in [-0.4, -0.2) is 11.8 Å². The van der Waals surface area contributed by atoms with Crippen molar-refractivity contribution in [3.63, 3.8) is 0 Å². The lowest BCUT2D eigenvalue weighted by Crippen LogP contribution is -2.30. The van der Waals surface area contributed by atoms with Crippen molar-refractivity contribution in [3.05, 3.63) is 94.6 Å². The molecule has 0 saturated heterocycles. The zero-order valence-electron chi connectivity index (χ0n) is 16.1. The Labute approximate surface area is 164 Å². The van der Waals surface area contributed by atoms with Crippen LogP contribution in [0.25, 0.3) is 6.08 Å². The average molecular weight is 374 g/mol. The number of furan rings is 1. The molecule has 0 radical (unpaired) electrons. The third-order valence-corrected chi connectivity index (χ3v) is 4.27. The molecule has 0 bridgehead atoms. The van der Waals surface area contributed by atoms with Gasteiger partial charge in [-0.25, -0.2) is 0 Å². The van der Waals surface area contributed by atoms with E-state index < -0.39 is 5.91 Å². The van der Waals surface area contributed by atoms with Gasteiger partial charge in [0.15, 0.2) is 0 Å². The lowest BCUT2D eigenvalue weighted by molar-refractivity contribution is -0.113. The highest BCUT2D eigenvalue weighted by Crippen LogP contribution is 2.17. The molecule has 0 fully saturated rings. The van der Waals surface area contributed by atoms with E-state index in [1.54, 1.807) is 24.3 Å². The number of nitrogens with one attached hydrogen (secondary N) is 2. The van der Waals surface area contributed by atoms with Crippen LogP contribution in [0.5, 0.6) is 0 Å². The smallest absolute Gasteiger partial charge is 0.272 e. The van der Waals surface area contributed by atoms with E-state index in [0.29, 0.717) is 17.0 Å². The maximum absolute atomic E-state index is 12.9.